The topological polar surface area (TPSA) is 47.4 Å². The summed E-state index contributed by atoms with van der Waals surface area (Å²) < 4.78 is 33.6. The smallest absolute Gasteiger partial charge is 0.352 e. The molecule has 2 heterocycles. The van der Waals surface area contributed by atoms with Gasteiger partial charge in [0.05, 0.1) is 0 Å². The van der Waals surface area contributed by atoms with Gasteiger partial charge >= 0.3 is 5.69 Å². The van der Waals surface area contributed by atoms with Gasteiger partial charge in [0.15, 0.2) is 11.6 Å². The summed E-state index contributed by atoms with van der Waals surface area (Å²) in [5.74, 6) is -1.09. The molecule has 0 saturated heterocycles. The van der Waals surface area contributed by atoms with Gasteiger partial charge in [-0.1, -0.05) is 12.1 Å². The number of fused-ring (bicyclic) bond motifs is 1. The van der Waals surface area contributed by atoms with Crippen molar-refractivity contribution in [1.82, 2.24) is 9.55 Å². The van der Waals surface area contributed by atoms with Gasteiger partial charge in [-0.25, -0.2) is 13.6 Å². The molecular weight excluding hydrogens is 292 g/mol. The molecule has 2 aromatic rings. The monoisotopic (exact) mass is 307 g/mol. The van der Waals surface area contributed by atoms with E-state index in [1.165, 1.54) is 12.1 Å². The summed E-state index contributed by atoms with van der Waals surface area (Å²) >= 11 is 0. The zero-order valence-electron chi connectivity index (χ0n) is 12.2. The molecule has 0 spiro atoms. The van der Waals surface area contributed by atoms with Crippen LogP contribution in [-0.2, 0) is 13.2 Å². The summed E-state index contributed by atoms with van der Waals surface area (Å²) in [7, 11) is 1.87. The molecule has 0 N–H and O–H groups in total. The molecule has 0 saturated carbocycles. The number of nitrogens with zero attached hydrogens (tertiary/aromatic N) is 3. The molecule has 3 rings (SSSR count). The SMILES string of the molecule is C[C@H]1Cn2c(cc(OCc3cccc(F)c3F)nc2=O)N1C. The van der Waals surface area contributed by atoms with Crippen molar-refractivity contribution in [3.8, 4) is 5.88 Å². The van der Waals surface area contributed by atoms with Crippen molar-refractivity contribution in [3.05, 3.63) is 51.9 Å². The van der Waals surface area contributed by atoms with Crippen LogP contribution in [0.2, 0.25) is 0 Å². The molecule has 1 atom stereocenters. The number of hydrogen-bond acceptors (Lipinski definition) is 4. The lowest BCUT2D eigenvalue weighted by molar-refractivity contribution is 0.283. The molecule has 1 aliphatic heterocycles. The van der Waals surface area contributed by atoms with Crippen molar-refractivity contribution >= 4 is 5.82 Å². The number of benzene rings is 1. The minimum Gasteiger partial charge on any atom is -0.472 e. The van der Waals surface area contributed by atoms with E-state index in [9.17, 15) is 13.6 Å². The average molecular weight is 307 g/mol. The Bertz CT molecular complexity index is 776. The molecular formula is C15H15F2N3O2. The molecule has 5 nitrogen and oxygen atoms in total. The first-order valence-electron chi connectivity index (χ1n) is 6.88. The molecule has 0 unspecified atom stereocenters. The summed E-state index contributed by atoms with van der Waals surface area (Å²) in [6.45, 7) is 2.37. The highest BCUT2D eigenvalue weighted by atomic mass is 19.2. The molecule has 0 bridgehead atoms. The molecule has 0 radical (unpaired) electrons. The van der Waals surface area contributed by atoms with E-state index in [2.05, 4.69) is 4.98 Å². The van der Waals surface area contributed by atoms with Crippen LogP contribution in [-0.4, -0.2) is 22.6 Å². The maximum atomic E-state index is 13.6. The van der Waals surface area contributed by atoms with Crippen LogP contribution in [0.5, 0.6) is 5.88 Å². The molecule has 7 heteroatoms. The fourth-order valence-electron chi connectivity index (χ4n) is 2.44. The maximum absolute atomic E-state index is 13.6. The third-order valence-corrected chi connectivity index (χ3v) is 3.84. The van der Waals surface area contributed by atoms with Crippen molar-refractivity contribution in [1.29, 1.82) is 0 Å². The average Bonchev–Trinajstić information content (AvgIpc) is 2.77. The summed E-state index contributed by atoms with van der Waals surface area (Å²) in [5, 5.41) is 0. The second-order valence-electron chi connectivity index (χ2n) is 5.31. The fraction of sp³-hybridized carbons (Fsp3) is 0.333. The summed E-state index contributed by atoms with van der Waals surface area (Å²) in [4.78, 5) is 17.7. The van der Waals surface area contributed by atoms with Gasteiger partial charge in [0, 0.05) is 31.3 Å². The summed E-state index contributed by atoms with van der Waals surface area (Å²) in [6.07, 6.45) is 0. The number of rotatable bonds is 3. The highest BCUT2D eigenvalue weighted by Crippen LogP contribution is 2.25. The van der Waals surface area contributed by atoms with E-state index in [-0.39, 0.29) is 24.1 Å². The summed E-state index contributed by atoms with van der Waals surface area (Å²) in [6, 6.07) is 5.67. The molecule has 116 valence electrons. The Hall–Kier alpha value is -2.44. The Morgan fingerprint density at radius 3 is 2.95 bits per heavy atom. The van der Waals surface area contributed by atoms with Gasteiger partial charge in [0.25, 0.3) is 0 Å². The van der Waals surface area contributed by atoms with Gasteiger partial charge in [-0.2, -0.15) is 4.98 Å². The largest absolute Gasteiger partial charge is 0.472 e. The third-order valence-electron chi connectivity index (χ3n) is 3.84. The standard InChI is InChI=1S/C15H15F2N3O2/c1-9-7-20-13(19(9)2)6-12(18-15(20)21)22-8-10-4-3-5-11(16)14(10)17/h3-6,9H,7-8H2,1-2H3/t9-/m0/s1. The van der Waals surface area contributed by atoms with Crippen LogP contribution < -0.4 is 15.3 Å². The molecule has 0 amide bonds. The molecule has 1 aromatic carbocycles. The molecule has 1 aromatic heterocycles. The minimum absolute atomic E-state index is 0.0733. The Morgan fingerprint density at radius 2 is 2.18 bits per heavy atom. The summed E-state index contributed by atoms with van der Waals surface area (Å²) in [5.41, 5.74) is -0.340. The van der Waals surface area contributed by atoms with Crippen LogP contribution >= 0.6 is 0 Å². The predicted octanol–water partition coefficient (Wildman–Crippen LogP) is 1.94. The second kappa shape index (κ2) is 5.40. The van der Waals surface area contributed by atoms with E-state index < -0.39 is 17.3 Å². The van der Waals surface area contributed by atoms with Gasteiger partial charge in [-0.05, 0) is 13.0 Å². The lowest BCUT2D eigenvalue weighted by atomic mass is 10.2. The maximum Gasteiger partial charge on any atom is 0.352 e. The van der Waals surface area contributed by atoms with Crippen molar-refractivity contribution in [3.63, 3.8) is 0 Å². The van der Waals surface area contributed by atoms with Crippen molar-refractivity contribution in [2.45, 2.75) is 26.1 Å². The molecule has 0 aliphatic carbocycles. The van der Waals surface area contributed by atoms with Crippen LogP contribution in [0, 0.1) is 11.6 Å². The minimum atomic E-state index is -0.953. The van der Waals surface area contributed by atoms with E-state index in [0.29, 0.717) is 12.4 Å². The fourth-order valence-corrected chi connectivity index (χ4v) is 2.44. The van der Waals surface area contributed by atoms with E-state index in [0.717, 1.165) is 6.07 Å². The Labute approximate surface area is 125 Å². The Balaban J connectivity index is 1.84. The number of anilines is 1. The second-order valence-corrected chi connectivity index (χ2v) is 5.31. The van der Waals surface area contributed by atoms with Crippen LogP contribution in [0.15, 0.2) is 29.1 Å². The van der Waals surface area contributed by atoms with Crippen LogP contribution in [0.25, 0.3) is 0 Å². The number of likely N-dealkylation sites (N-methyl/N-ethyl adjacent to an activating group) is 1. The van der Waals surface area contributed by atoms with Gasteiger partial charge in [-0.3, -0.25) is 4.57 Å². The predicted molar refractivity (Wildman–Crippen MR) is 77.1 cm³/mol. The first-order valence-corrected chi connectivity index (χ1v) is 6.88. The lowest BCUT2D eigenvalue weighted by Crippen LogP contribution is -2.23. The zero-order valence-corrected chi connectivity index (χ0v) is 12.2. The first kappa shape index (κ1) is 14.5. The Morgan fingerprint density at radius 1 is 1.41 bits per heavy atom. The normalized spacial score (nSPS) is 16.7. The number of hydrogen-bond donors (Lipinski definition) is 0. The van der Waals surface area contributed by atoms with Crippen LogP contribution in [0.1, 0.15) is 12.5 Å². The quantitative estimate of drug-likeness (QED) is 0.869. The van der Waals surface area contributed by atoms with E-state index >= 15 is 0 Å². The van der Waals surface area contributed by atoms with E-state index in [4.69, 9.17) is 4.74 Å². The van der Waals surface area contributed by atoms with Gasteiger partial charge < -0.3 is 9.64 Å². The van der Waals surface area contributed by atoms with Crippen molar-refractivity contribution in [2.24, 2.45) is 0 Å². The number of aromatic nitrogens is 2. The molecule has 22 heavy (non-hydrogen) atoms. The first-order chi connectivity index (χ1) is 10.5. The zero-order chi connectivity index (χ0) is 15.9. The Kier molecular flexibility index (Phi) is 3.56. The number of halogens is 2. The van der Waals surface area contributed by atoms with Crippen LogP contribution in [0.4, 0.5) is 14.6 Å². The number of ether oxygens (including phenoxy) is 1. The van der Waals surface area contributed by atoms with Crippen molar-refractivity contribution in [2.75, 3.05) is 11.9 Å². The van der Waals surface area contributed by atoms with E-state index in [1.54, 1.807) is 10.6 Å². The molecule has 1 aliphatic rings. The third kappa shape index (κ3) is 2.43. The van der Waals surface area contributed by atoms with Gasteiger partial charge in [-0.15, -0.1) is 0 Å². The van der Waals surface area contributed by atoms with Crippen molar-refractivity contribution < 1.29 is 13.5 Å². The van der Waals surface area contributed by atoms with Gasteiger partial charge in [0.1, 0.15) is 12.4 Å². The molecule has 0 fully saturated rings. The lowest BCUT2D eigenvalue weighted by Gasteiger charge is -2.16. The van der Waals surface area contributed by atoms with Gasteiger partial charge in [0.2, 0.25) is 5.88 Å². The highest BCUT2D eigenvalue weighted by molar-refractivity contribution is 5.45. The van der Waals surface area contributed by atoms with Crippen LogP contribution in [0.3, 0.4) is 0 Å². The highest BCUT2D eigenvalue weighted by Gasteiger charge is 2.25. The van der Waals surface area contributed by atoms with E-state index in [1.807, 2.05) is 18.9 Å².